The van der Waals surface area contributed by atoms with Crippen LogP contribution in [-0.2, 0) is 14.3 Å². The number of fused-ring (bicyclic) bond motifs is 2. The van der Waals surface area contributed by atoms with E-state index in [1.54, 1.807) is 6.92 Å². The lowest BCUT2D eigenvalue weighted by atomic mass is 9.82. The van der Waals surface area contributed by atoms with Gasteiger partial charge in [-0.15, -0.1) is 0 Å². The highest BCUT2D eigenvalue weighted by Gasteiger charge is 2.45. The molecule has 1 heterocycles. The summed E-state index contributed by atoms with van der Waals surface area (Å²) in [6, 6.07) is -0.128. The lowest BCUT2D eigenvalue weighted by molar-refractivity contribution is -0.151. The number of alkyl halides is 1. The molecule has 1 N–H and O–H groups in total. The summed E-state index contributed by atoms with van der Waals surface area (Å²) >= 11 is 2.24. The maximum absolute atomic E-state index is 11.7. The first-order valence-corrected chi connectivity index (χ1v) is 6.64. The van der Waals surface area contributed by atoms with E-state index >= 15 is 0 Å². The van der Waals surface area contributed by atoms with Crippen LogP contribution >= 0.6 is 22.6 Å². The predicted molar refractivity (Wildman–Crippen MR) is 64.4 cm³/mol. The molecule has 0 radical (unpaired) electrons. The van der Waals surface area contributed by atoms with Crippen LogP contribution in [-0.4, -0.2) is 34.7 Å². The van der Waals surface area contributed by atoms with Crippen LogP contribution in [0.1, 0.15) is 19.8 Å². The van der Waals surface area contributed by atoms with Gasteiger partial charge in [-0.1, -0.05) is 22.6 Å². The van der Waals surface area contributed by atoms with Crippen LogP contribution in [0, 0.1) is 5.92 Å². The van der Waals surface area contributed by atoms with Gasteiger partial charge >= 0.3 is 12.1 Å². The van der Waals surface area contributed by atoms with Gasteiger partial charge in [-0.05, 0) is 13.3 Å². The molecule has 90 valence electrons. The number of carbonyl (C=O) groups excluding carboxylic acids is 2. The Hall–Kier alpha value is -0.530. The van der Waals surface area contributed by atoms with E-state index in [0.717, 1.165) is 0 Å². The number of alkyl carbamates (subject to hydrolysis) is 1. The molecule has 1 aliphatic heterocycles. The van der Waals surface area contributed by atoms with Crippen LogP contribution < -0.4 is 5.32 Å². The van der Waals surface area contributed by atoms with E-state index in [4.69, 9.17) is 9.47 Å². The van der Waals surface area contributed by atoms with Crippen molar-refractivity contribution in [1.29, 1.82) is 0 Å². The summed E-state index contributed by atoms with van der Waals surface area (Å²) in [6.07, 6.45) is 0.916. The number of esters is 1. The average molecular weight is 339 g/mol. The molecular weight excluding hydrogens is 325 g/mol. The Kier molecular flexibility index (Phi) is 3.56. The third kappa shape index (κ3) is 2.26. The number of halogens is 1. The van der Waals surface area contributed by atoms with E-state index in [0.29, 0.717) is 19.4 Å². The van der Waals surface area contributed by atoms with Gasteiger partial charge in [0.05, 0.1) is 12.5 Å². The standard InChI is InChI=1S/C10H14INO4/c1-2-15-9(13)5-3-6(11)8-4-7(5)12-10(14)16-8/h5-8H,2-4H2,1H3,(H,12,14)/t5-,6+,7-,8+/m0/s1. The smallest absolute Gasteiger partial charge is 0.407 e. The molecule has 0 aromatic carbocycles. The van der Waals surface area contributed by atoms with Gasteiger partial charge in [-0.25, -0.2) is 4.79 Å². The Bertz CT molecular complexity index is 309. The van der Waals surface area contributed by atoms with Gasteiger partial charge in [0.15, 0.2) is 0 Å². The minimum Gasteiger partial charge on any atom is -0.466 e. The SMILES string of the molecule is CCOC(=O)[C@H]1C[C@@H](I)[C@H]2C[C@@H]1NC(=O)O2. The molecular formula is C10H14INO4. The zero-order valence-corrected chi connectivity index (χ0v) is 11.1. The first kappa shape index (κ1) is 11.9. The van der Waals surface area contributed by atoms with Crippen LogP contribution in [0.3, 0.4) is 0 Å². The Balaban J connectivity index is 2.09. The summed E-state index contributed by atoms with van der Waals surface area (Å²) in [5.74, 6) is -0.444. The zero-order chi connectivity index (χ0) is 11.7. The van der Waals surface area contributed by atoms with Gasteiger partial charge in [0.2, 0.25) is 0 Å². The third-order valence-electron chi connectivity index (χ3n) is 3.01. The Labute approximate surface area is 107 Å². The van der Waals surface area contributed by atoms with Gasteiger partial charge in [0.1, 0.15) is 6.10 Å². The summed E-state index contributed by atoms with van der Waals surface area (Å²) in [5, 5.41) is 2.69. The lowest BCUT2D eigenvalue weighted by Crippen LogP contribution is -2.57. The molecule has 2 aliphatic rings. The quantitative estimate of drug-likeness (QED) is 0.467. The Morgan fingerprint density at radius 1 is 1.62 bits per heavy atom. The minimum atomic E-state index is -0.420. The highest BCUT2D eigenvalue weighted by molar-refractivity contribution is 14.1. The van der Waals surface area contributed by atoms with Crippen LogP contribution in [0.25, 0.3) is 0 Å². The normalized spacial score (nSPS) is 37.2. The number of hydrogen-bond donors (Lipinski definition) is 1. The first-order valence-electron chi connectivity index (χ1n) is 5.39. The predicted octanol–water partition coefficient (Wildman–Crippen LogP) is 1.24. The molecule has 6 heteroatoms. The van der Waals surface area contributed by atoms with Gasteiger partial charge in [-0.3, -0.25) is 4.79 Å². The summed E-state index contributed by atoms with van der Waals surface area (Å²) < 4.78 is 10.4. The largest absolute Gasteiger partial charge is 0.466 e. The van der Waals surface area contributed by atoms with Crippen molar-refractivity contribution in [2.75, 3.05) is 6.61 Å². The molecule has 2 rings (SSSR count). The van der Waals surface area contributed by atoms with Crippen molar-refractivity contribution in [2.45, 2.75) is 35.8 Å². The minimum absolute atomic E-state index is 0.0648. The van der Waals surface area contributed by atoms with Crippen LogP contribution in [0.4, 0.5) is 4.79 Å². The number of nitrogens with one attached hydrogen (secondary N) is 1. The summed E-state index contributed by atoms with van der Waals surface area (Å²) in [4.78, 5) is 23.0. The van der Waals surface area contributed by atoms with E-state index in [1.807, 2.05) is 0 Å². The van der Waals surface area contributed by atoms with Crippen LogP contribution in [0.15, 0.2) is 0 Å². The molecule has 16 heavy (non-hydrogen) atoms. The number of ether oxygens (including phenoxy) is 2. The molecule has 1 saturated carbocycles. The van der Waals surface area contributed by atoms with Gasteiger partial charge in [0, 0.05) is 16.4 Å². The van der Waals surface area contributed by atoms with Crippen molar-refractivity contribution < 1.29 is 19.1 Å². The molecule has 0 unspecified atom stereocenters. The molecule has 1 saturated heterocycles. The van der Waals surface area contributed by atoms with Crippen molar-refractivity contribution in [1.82, 2.24) is 5.32 Å². The molecule has 1 amide bonds. The molecule has 5 nitrogen and oxygen atoms in total. The molecule has 2 fully saturated rings. The summed E-state index contributed by atoms with van der Waals surface area (Å²) in [7, 11) is 0. The van der Waals surface area contributed by atoms with E-state index in [2.05, 4.69) is 27.9 Å². The summed E-state index contributed by atoms with van der Waals surface area (Å²) in [5.41, 5.74) is 0. The number of hydrogen-bond acceptors (Lipinski definition) is 4. The molecule has 0 aromatic heterocycles. The molecule has 2 bridgehead atoms. The van der Waals surface area contributed by atoms with Gasteiger partial charge in [0.25, 0.3) is 0 Å². The monoisotopic (exact) mass is 339 g/mol. The fourth-order valence-corrected chi connectivity index (χ4v) is 3.22. The highest BCUT2D eigenvalue weighted by Crippen LogP contribution is 2.35. The second kappa shape index (κ2) is 4.77. The van der Waals surface area contributed by atoms with Crippen LogP contribution in [0.2, 0.25) is 0 Å². The lowest BCUT2D eigenvalue weighted by Gasteiger charge is -2.41. The van der Waals surface area contributed by atoms with E-state index in [1.165, 1.54) is 0 Å². The second-order valence-corrected chi connectivity index (χ2v) is 5.64. The maximum Gasteiger partial charge on any atom is 0.407 e. The van der Waals surface area contributed by atoms with Crippen molar-refractivity contribution >= 4 is 34.7 Å². The molecule has 0 aromatic rings. The zero-order valence-electron chi connectivity index (χ0n) is 8.94. The topological polar surface area (TPSA) is 64.6 Å². The van der Waals surface area contributed by atoms with Crippen molar-refractivity contribution in [3.8, 4) is 0 Å². The third-order valence-corrected chi connectivity index (χ3v) is 4.32. The van der Waals surface area contributed by atoms with Crippen molar-refractivity contribution in [3.05, 3.63) is 0 Å². The Morgan fingerprint density at radius 3 is 3.06 bits per heavy atom. The second-order valence-electron chi connectivity index (χ2n) is 4.04. The van der Waals surface area contributed by atoms with Crippen LogP contribution in [0.5, 0.6) is 0 Å². The number of carbonyl (C=O) groups is 2. The summed E-state index contributed by atoms with van der Waals surface area (Å²) in [6.45, 7) is 2.16. The Morgan fingerprint density at radius 2 is 2.38 bits per heavy atom. The molecule has 1 aliphatic carbocycles. The number of amides is 1. The molecule has 4 atom stereocenters. The highest BCUT2D eigenvalue weighted by atomic mass is 127. The number of rotatable bonds is 2. The average Bonchev–Trinajstić information content (AvgIpc) is 2.23. The fourth-order valence-electron chi connectivity index (χ4n) is 2.23. The van der Waals surface area contributed by atoms with E-state index in [9.17, 15) is 9.59 Å². The fraction of sp³-hybridized carbons (Fsp3) is 0.800. The first-order chi connectivity index (χ1) is 7.61. The van der Waals surface area contributed by atoms with Crippen molar-refractivity contribution in [3.63, 3.8) is 0 Å². The van der Waals surface area contributed by atoms with Crippen molar-refractivity contribution in [2.24, 2.45) is 5.92 Å². The van der Waals surface area contributed by atoms with Gasteiger partial charge < -0.3 is 14.8 Å². The molecule has 0 spiro atoms. The van der Waals surface area contributed by atoms with E-state index in [-0.39, 0.29) is 28.0 Å². The van der Waals surface area contributed by atoms with E-state index < -0.39 is 6.09 Å². The van der Waals surface area contributed by atoms with Gasteiger partial charge in [-0.2, -0.15) is 0 Å². The maximum atomic E-state index is 11.7.